The molecule has 0 radical (unpaired) electrons. The van der Waals surface area contributed by atoms with Gasteiger partial charge in [-0.05, 0) is 36.1 Å². The lowest BCUT2D eigenvalue weighted by atomic mass is 10.0. The van der Waals surface area contributed by atoms with Crippen LogP contribution >= 0.6 is 0 Å². The minimum Gasteiger partial charge on any atom is -0.353 e. The zero-order valence-corrected chi connectivity index (χ0v) is 19.8. The highest BCUT2D eigenvalue weighted by Gasteiger charge is 2.22. The first kappa shape index (κ1) is 24.0. The van der Waals surface area contributed by atoms with Gasteiger partial charge in [0.25, 0.3) is 15.9 Å². The van der Waals surface area contributed by atoms with E-state index in [2.05, 4.69) is 41.1 Å². The third kappa shape index (κ3) is 5.98. The number of hydrogen-bond acceptors (Lipinski definition) is 6. The number of anilines is 2. The average Bonchev–Trinajstić information content (AvgIpc) is 2.79. The molecule has 0 bridgehead atoms. The van der Waals surface area contributed by atoms with Gasteiger partial charge in [-0.2, -0.15) is 0 Å². The van der Waals surface area contributed by atoms with E-state index in [1.807, 2.05) is 17.0 Å². The normalized spacial score (nSPS) is 14.4. The third-order valence-corrected chi connectivity index (χ3v) is 6.85. The summed E-state index contributed by atoms with van der Waals surface area (Å²) in [7, 11) is -3.80. The summed E-state index contributed by atoms with van der Waals surface area (Å²) in [6.45, 7) is 9.81. The molecule has 2 aromatic rings. The molecular weight excluding hydrogens is 426 g/mol. The predicted molar refractivity (Wildman–Crippen MR) is 128 cm³/mol. The molecular formula is C23H33N5O3S. The van der Waals surface area contributed by atoms with Crippen LogP contribution in [0.3, 0.4) is 0 Å². The van der Waals surface area contributed by atoms with Gasteiger partial charge in [0.2, 0.25) is 0 Å². The minimum absolute atomic E-state index is 0.169. The van der Waals surface area contributed by atoms with E-state index < -0.39 is 10.0 Å². The van der Waals surface area contributed by atoms with E-state index in [1.54, 1.807) is 18.2 Å². The van der Waals surface area contributed by atoms with Crippen LogP contribution < -0.4 is 20.3 Å². The smallest absolute Gasteiger partial charge is 0.261 e. The number of piperazine rings is 1. The van der Waals surface area contributed by atoms with Crippen molar-refractivity contribution in [1.82, 2.24) is 15.6 Å². The molecule has 0 atom stereocenters. The molecule has 1 fully saturated rings. The highest BCUT2D eigenvalue weighted by molar-refractivity contribution is 7.92. The molecule has 0 aliphatic carbocycles. The van der Waals surface area contributed by atoms with Crippen molar-refractivity contribution in [3.8, 4) is 0 Å². The Hall–Kier alpha value is -2.65. The van der Waals surface area contributed by atoms with Crippen LogP contribution in [-0.2, 0) is 10.0 Å². The van der Waals surface area contributed by atoms with Gasteiger partial charge < -0.3 is 15.5 Å². The van der Waals surface area contributed by atoms with Crippen molar-refractivity contribution < 1.29 is 13.2 Å². The molecule has 1 saturated heterocycles. The largest absolute Gasteiger partial charge is 0.353 e. The van der Waals surface area contributed by atoms with Crippen molar-refractivity contribution in [2.24, 2.45) is 0 Å². The molecule has 0 saturated carbocycles. The number of unbranched alkanes of at least 4 members (excludes halogenated alkanes) is 1. The number of hydrogen-bond donors (Lipinski definition) is 3. The van der Waals surface area contributed by atoms with Crippen LogP contribution in [0.15, 0.2) is 41.4 Å². The molecule has 0 unspecified atom stereocenters. The van der Waals surface area contributed by atoms with E-state index in [0.717, 1.165) is 44.6 Å². The van der Waals surface area contributed by atoms with Gasteiger partial charge in [0.15, 0.2) is 0 Å². The van der Waals surface area contributed by atoms with Crippen molar-refractivity contribution in [3.63, 3.8) is 0 Å². The first-order valence-corrected chi connectivity index (χ1v) is 12.7. The molecule has 32 heavy (non-hydrogen) atoms. The predicted octanol–water partition coefficient (Wildman–Crippen LogP) is 2.95. The number of carbonyl (C=O) groups excluding carboxylic acids is 1. The van der Waals surface area contributed by atoms with Crippen LogP contribution in [0, 0.1) is 0 Å². The Morgan fingerprint density at radius 1 is 1.19 bits per heavy atom. The van der Waals surface area contributed by atoms with Gasteiger partial charge in [0.1, 0.15) is 5.82 Å². The van der Waals surface area contributed by atoms with E-state index in [1.165, 1.54) is 6.20 Å². The second-order valence-electron chi connectivity index (χ2n) is 8.27. The van der Waals surface area contributed by atoms with Crippen molar-refractivity contribution in [3.05, 3.63) is 47.7 Å². The summed E-state index contributed by atoms with van der Waals surface area (Å²) >= 11 is 0. The Kier molecular flexibility index (Phi) is 8.09. The molecule has 1 aliphatic rings. The van der Waals surface area contributed by atoms with Crippen LogP contribution in [0.4, 0.5) is 11.5 Å². The average molecular weight is 460 g/mol. The SMILES string of the molecule is CCCCNC(=O)c1cc(NS(=O)(=O)c2ccc(C(C)C)cc2)cnc1N1CCNCC1. The Morgan fingerprint density at radius 3 is 2.50 bits per heavy atom. The number of aromatic nitrogens is 1. The third-order valence-electron chi connectivity index (χ3n) is 5.45. The van der Waals surface area contributed by atoms with Gasteiger partial charge in [-0.15, -0.1) is 0 Å². The molecule has 3 N–H and O–H groups in total. The lowest BCUT2D eigenvalue weighted by molar-refractivity contribution is 0.0953. The molecule has 2 heterocycles. The summed E-state index contributed by atoms with van der Waals surface area (Å²) < 4.78 is 28.4. The monoisotopic (exact) mass is 459 g/mol. The Labute approximate surface area is 190 Å². The minimum atomic E-state index is -3.80. The fourth-order valence-electron chi connectivity index (χ4n) is 3.53. The fraction of sp³-hybridized carbons (Fsp3) is 0.478. The number of carbonyl (C=O) groups is 1. The summed E-state index contributed by atoms with van der Waals surface area (Å²) in [5, 5.41) is 6.20. The molecule has 1 aliphatic heterocycles. The standard InChI is InChI=1S/C23H33N5O3S/c1-4-5-10-25-23(29)21-15-19(16-26-22(21)28-13-11-24-12-14-28)27-32(30,31)20-8-6-18(7-9-20)17(2)3/h6-9,15-17,24,27H,4-5,10-14H2,1-3H3,(H,25,29). The number of amides is 1. The fourth-order valence-corrected chi connectivity index (χ4v) is 4.56. The highest BCUT2D eigenvalue weighted by atomic mass is 32.2. The number of nitrogens with one attached hydrogen (secondary N) is 3. The second-order valence-corrected chi connectivity index (χ2v) is 9.95. The van der Waals surface area contributed by atoms with E-state index in [-0.39, 0.29) is 16.5 Å². The summed E-state index contributed by atoms with van der Waals surface area (Å²) in [6.07, 6.45) is 3.32. The maximum atomic E-state index is 12.9. The van der Waals surface area contributed by atoms with Crippen molar-refractivity contribution in [1.29, 1.82) is 0 Å². The Balaban J connectivity index is 1.87. The van der Waals surface area contributed by atoms with Gasteiger partial charge in [0, 0.05) is 32.7 Å². The quantitative estimate of drug-likeness (QED) is 0.498. The van der Waals surface area contributed by atoms with E-state index in [4.69, 9.17) is 0 Å². The number of sulfonamides is 1. The van der Waals surface area contributed by atoms with Crippen molar-refractivity contribution >= 4 is 27.4 Å². The van der Waals surface area contributed by atoms with E-state index >= 15 is 0 Å². The van der Waals surface area contributed by atoms with Gasteiger partial charge in [-0.1, -0.05) is 39.3 Å². The molecule has 0 spiro atoms. The summed E-state index contributed by atoms with van der Waals surface area (Å²) in [6, 6.07) is 8.40. The summed E-state index contributed by atoms with van der Waals surface area (Å²) in [4.78, 5) is 19.6. The Morgan fingerprint density at radius 2 is 1.88 bits per heavy atom. The molecule has 8 nitrogen and oxygen atoms in total. The van der Waals surface area contributed by atoms with Gasteiger partial charge in [-0.3, -0.25) is 9.52 Å². The number of nitrogens with zero attached hydrogens (tertiary/aromatic N) is 2. The second kappa shape index (κ2) is 10.8. The van der Waals surface area contributed by atoms with Crippen LogP contribution in [-0.4, -0.2) is 52.0 Å². The zero-order valence-electron chi connectivity index (χ0n) is 19.0. The maximum Gasteiger partial charge on any atom is 0.261 e. The van der Waals surface area contributed by atoms with E-state index in [9.17, 15) is 13.2 Å². The highest BCUT2D eigenvalue weighted by Crippen LogP contribution is 2.24. The molecule has 1 amide bonds. The summed E-state index contributed by atoms with van der Waals surface area (Å²) in [5.74, 6) is 0.641. The van der Waals surface area contributed by atoms with Crippen LogP contribution in [0.5, 0.6) is 0 Å². The molecule has 3 rings (SSSR count). The van der Waals surface area contributed by atoms with Gasteiger partial charge in [-0.25, -0.2) is 13.4 Å². The van der Waals surface area contributed by atoms with Gasteiger partial charge >= 0.3 is 0 Å². The molecule has 174 valence electrons. The van der Waals surface area contributed by atoms with Crippen molar-refractivity contribution in [2.75, 3.05) is 42.3 Å². The maximum absolute atomic E-state index is 12.9. The lowest BCUT2D eigenvalue weighted by Gasteiger charge is -2.30. The Bertz CT molecular complexity index is 1020. The van der Waals surface area contributed by atoms with Crippen molar-refractivity contribution in [2.45, 2.75) is 44.4 Å². The number of benzene rings is 1. The van der Waals surface area contributed by atoms with E-state index in [0.29, 0.717) is 23.8 Å². The summed E-state index contributed by atoms with van der Waals surface area (Å²) in [5.41, 5.74) is 1.70. The first-order chi connectivity index (χ1) is 15.3. The molecule has 1 aromatic heterocycles. The lowest BCUT2D eigenvalue weighted by Crippen LogP contribution is -2.44. The van der Waals surface area contributed by atoms with Crippen LogP contribution in [0.2, 0.25) is 0 Å². The first-order valence-electron chi connectivity index (χ1n) is 11.2. The number of pyridine rings is 1. The topological polar surface area (TPSA) is 103 Å². The van der Waals surface area contributed by atoms with Crippen LogP contribution in [0.1, 0.15) is 55.5 Å². The molecule has 9 heteroatoms. The zero-order chi connectivity index (χ0) is 23.1. The molecule has 1 aromatic carbocycles. The number of rotatable bonds is 9. The van der Waals surface area contributed by atoms with Gasteiger partial charge in [0.05, 0.1) is 22.3 Å². The van der Waals surface area contributed by atoms with Crippen LogP contribution in [0.25, 0.3) is 0 Å².